The second kappa shape index (κ2) is 5.59. The van der Waals surface area contributed by atoms with Gasteiger partial charge >= 0.3 is 0 Å². The summed E-state index contributed by atoms with van der Waals surface area (Å²) >= 11 is 0. The van der Waals surface area contributed by atoms with Crippen LogP contribution in [-0.4, -0.2) is 5.78 Å². The van der Waals surface area contributed by atoms with Crippen LogP contribution in [0.1, 0.15) is 38.2 Å². The standard InChI is InChI=1S/C15H18F2O/c1-10-2-5-12(6-3-10)15(18)9-11-4-7-13(16)14(17)8-11/h4,7-8,10,12H,2-3,5-6,9H2,1H3. The molecule has 1 aliphatic rings. The molecule has 18 heavy (non-hydrogen) atoms. The van der Waals surface area contributed by atoms with Crippen molar-refractivity contribution in [2.24, 2.45) is 11.8 Å². The SMILES string of the molecule is CC1CCC(C(=O)Cc2ccc(F)c(F)c2)CC1. The van der Waals surface area contributed by atoms with Crippen LogP contribution in [0.3, 0.4) is 0 Å². The van der Waals surface area contributed by atoms with Gasteiger partial charge in [-0.1, -0.05) is 25.8 Å². The van der Waals surface area contributed by atoms with E-state index >= 15 is 0 Å². The average molecular weight is 252 g/mol. The van der Waals surface area contributed by atoms with Crippen LogP contribution in [0.2, 0.25) is 0 Å². The van der Waals surface area contributed by atoms with Crippen LogP contribution < -0.4 is 0 Å². The number of benzene rings is 1. The first-order valence-electron chi connectivity index (χ1n) is 6.53. The quantitative estimate of drug-likeness (QED) is 0.797. The van der Waals surface area contributed by atoms with Crippen LogP contribution in [0, 0.1) is 23.5 Å². The summed E-state index contributed by atoms with van der Waals surface area (Å²) in [5, 5.41) is 0. The minimum Gasteiger partial charge on any atom is -0.299 e. The van der Waals surface area contributed by atoms with Gasteiger partial charge in [0.05, 0.1) is 0 Å². The number of halogens is 2. The van der Waals surface area contributed by atoms with Gasteiger partial charge in [-0.3, -0.25) is 4.79 Å². The Kier molecular flexibility index (Phi) is 4.10. The predicted molar refractivity (Wildman–Crippen MR) is 66.2 cm³/mol. The number of carbonyl (C=O) groups is 1. The Morgan fingerprint density at radius 3 is 2.44 bits per heavy atom. The highest BCUT2D eigenvalue weighted by Gasteiger charge is 2.24. The Morgan fingerprint density at radius 2 is 1.83 bits per heavy atom. The molecule has 1 aliphatic carbocycles. The van der Waals surface area contributed by atoms with Gasteiger partial charge in [0.2, 0.25) is 0 Å². The second-order valence-electron chi connectivity index (χ2n) is 5.35. The van der Waals surface area contributed by atoms with Crippen LogP contribution in [0.5, 0.6) is 0 Å². The van der Waals surface area contributed by atoms with Crippen molar-refractivity contribution >= 4 is 5.78 Å². The molecule has 0 heterocycles. The lowest BCUT2D eigenvalue weighted by Crippen LogP contribution is -2.22. The molecule has 0 bridgehead atoms. The monoisotopic (exact) mass is 252 g/mol. The van der Waals surface area contributed by atoms with Crippen molar-refractivity contribution in [1.82, 2.24) is 0 Å². The average Bonchev–Trinajstić information content (AvgIpc) is 2.34. The smallest absolute Gasteiger partial charge is 0.159 e. The van der Waals surface area contributed by atoms with E-state index < -0.39 is 11.6 Å². The molecule has 98 valence electrons. The summed E-state index contributed by atoms with van der Waals surface area (Å²) in [5.74, 6) is -0.769. The molecule has 3 heteroatoms. The molecule has 1 nitrogen and oxygen atoms in total. The Hall–Kier alpha value is -1.25. The van der Waals surface area contributed by atoms with Crippen LogP contribution in [0.15, 0.2) is 18.2 Å². The van der Waals surface area contributed by atoms with Crippen LogP contribution in [0.25, 0.3) is 0 Å². The fourth-order valence-corrected chi connectivity index (χ4v) is 2.58. The molecule has 1 aromatic carbocycles. The van der Waals surface area contributed by atoms with E-state index in [9.17, 15) is 13.6 Å². The minimum atomic E-state index is -0.877. The summed E-state index contributed by atoms with van der Waals surface area (Å²) < 4.78 is 25.8. The molecule has 0 saturated heterocycles. The topological polar surface area (TPSA) is 17.1 Å². The Labute approximate surface area is 106 Å². The van der Waals surface area contributed by atoms with Gasteiger partial charge in [0.1, 0.15) is 5.78 Å². The molecule has 0 radical (unpaired) electrons. The molecular formula is C15H18F2O. The Morgan fingerprint density at radius 1 is 1.17 bits per heavy atom. The highest BCUT2D eigenvalue weighted by molar-refractivity contribution is 5.83. The zero-order valence-corrected chi connectivity index (χ0v) is 10.6. The zero-order valence-electron chi connectivity index (χ0n) is 10.6. The van der Waals surface area contributed by atoms with E-state index in [0.29, 0.717) is 11.5 Å². The molecule has 0 N–H and O–H groups in total. The van der Waals surface area contributed by atoms with E-state index in [0.717, 1.165) is 37.8 Å². The molecule has 1 saturated carbocycles. The van der Waals surface area contributed by atoms with Crippen molar-refractivity contribution < 1.29 is 13.6 Å². The number of rotatable bonds is 3. The summed E-state index contributed by atoms with van der Waals surface area (Å²) in [7, 11) is 0. The number of ketones is 1. The Balaban J connectivity index is 1.96. The molecule has 0 aliphatic heterocycles. The first-order valence-corrected chi connectivity index (χ1v) is 6.53. The minimum absolute atomic E-state index is 0.106. The van der Waals surface area contributed by atoms with E-state index in [1.54, 1.807) is 0 Å². The lowest BCUT2D eigenvalue weighted by Gasteiger charge is -2.25. The van der Waals surface area contributed by atoms with Gasteiger partial charge in [0, 0.05) is 12.3 Å². The van der Waals surface area contributed by atoms with E-state index in [4.69, 9.17) is 0 Å². The van der Waals surface area contributed by atoms with Crippen molar-refractivity contribution in [1.29, 1.82) is 0 Å². The third kappa shape index (κ3) is 3.15. The fourth-order valence-electron chi connectivity index (χ4n) is 2.58. The number of hydrogen-bond donors (Lipinski definition) is 0. The number of Topliss-reactive ketones (excluding diaryl/α,β-unsaturated/α-hetero) is 1. The fraction of sp³-hybridized carbons (Fsp3) is 0.533. The highest BCUT2D eigenvalue weighted by atomic mass is 19.2. The van der Waals surface area contributed by atoms with Gasteiger partial charge < -0.3 is 0 Å². The maximum absolute atomic E-state index is 13.0. The summed E-state index contributed by atoms with van der Waals surface area (Å²) in [6.45, 7) is 2.20. The molecule has 0 amide bonds. The molecular weight excluding hydrogens is 234 g/mol. The molecule has 0 unspecified atom stereocenters. The molecule has 1 aromatic rings. The third-order valence-electron chi connectivity index (χ3n) is 3.83. The third-order valence-corrected chi connectivity index (χ3v) is 3.83. The van der Waals surface area contributed by atoms with Gasteiger partial charge in [0.25, 0.3) is 0 Å². The molecule has 2 rings (SSSR count). The van der Waals surface area contributed by atoms with Crippen LogP contribution in [-0.2, 0) is 11.2 Å². The zero-order chi connectivity index (χ0) is 13.1. The largest absolute Gasteiger partial charge is 0.299 e. The van der Waals surface area contributed by atoms with Gasteiger partial charge in [0.15, 0.2) is 11.6 Å². The maximum Gasteiger partial charge on any atom is 0.159 e. The molecule has 1 fully saturated rings. The summed E-state index contributed by atoms with van der Waals surface area (Å²) in [6, 6.07) is 3.70. The molecule has 0 spiro atoms. The number of hydrogen-bond acceptors (Lipinski definition) is 1. The van der Waals surface area contributed by atoms with Gasteiger partial charge in [-0.15, -0.1) is 0 Å². The lowest BCUT2D eigenvalue weighted by atomic mass is 9.80. The lowest BCUT2D eigenvalue weighted by molar-refractivity contribution is -0.123. The molecule has 0 aromatic heterocycles. The van der Waals surface area contributed by atoms with Gasteiger partial charge in [-0.05, 0) is 36.5 Å². The van der Waals surface area contributed by atoms with E-state index in [-0.39, 0.29) is 18.1 Å². The first-order chi connectivity index (χ1) is 8.56. The Bertz CT molecular complexity index is 434. The predicted octanol–water partition coefficient (Wildman–Crippen LogP) is 3.90. The second-order valence-corrected chi connectivity index (χ2v) is 5.35. The van der Waals surface area contributed by atoms with E-state index in [2.05, 4.69) is 6.92 Å². The summed E-state index contributed by atoms with van der Waals surface area (Å²) in [5.41, 5.74) is 0.567. The highest BCUT2D eigenvalue weighted by Crippen LogP contribution is 2.29. The van der Waals surface area contributed by atoms with E-state index in [1.807, 2.05) is 0 Å². The summed E-state index contributed by atoms with van der Waals surface area (Å²) in [4.78, 5) is 12.1. The van der Waals surface area contributed by atoms with Crippen molar-refractivity contribution in [3.63, 3.8) is 0 Å². The normalized spacial score (nSPS) is 23.9. The van der Waals surface area contributed by atoms with Crippen molar-refractivity contribution in [2.75, 3.05) is 0 Å². The maximum atomic E-state index is 13.0. The van der Waals surface area contributed by atoms with Crippen LogP contribution in [0.4, 0.5) is 8.78 Å². The van der Waals surface area contributed by atoms with Crippen LogP contribution >= 0.6 is 0 Å². The van der Waals surface area contributed by atoms with Crippen molar-refractivity contribution in [3.8, 4) is 0 Å². The van der Waals surface area contributed by atoms with E-state index in [1.165, 1.54) is 6.07 Å². The number of carbonyl (C=O) groups excluding carboxylic acids is 1. The van der Waals surface area contributed by atoms with Crippen molar-refractivity contribution in [3.05, 3.63) is 35.4 Å². The van der Waals surface area contributed by atoms with Crippen molar-refractivity contribution in [2.45, 2.75) is 39.0 Å². The van der Waals surface area contributed by atoms with Gasteiger partial charge in [-0.2, -0.15) is 0 Å². The first kappa shape index (κ1) is 13.2. The summed E-state index contributed by atoms with van der Waals surface area (Å²) in [6.07, 6.45) is 4.27. The van der Waals surface area contributed by atoms with Gasteiger partial charge in [-0.25, -0.2) is 8.78 Å². The molecule has 0 atom stereocenters.